The van der Waals surface area contributed by atoms with Crippen LogP contribution in [0.1, 0.15) is 63.9 Å². The molecule has 0 saturated heterocycles. The summed E-state index contributed by atoms with van der Waals surface area (Å²) in [7, 11) is 0. The molecular weight excluding hydrogens is 344 g/mol. The molecule has 0 aliphatic heterocycles. The number of hydrogen-bond acceptors (Lipinski definition) is 1. The van der Waals surface area contributed by atoms with Crippen LogP contribution in [0.2, 0.25) is 0 Å². The van der Waals surface area contributed by atoms with Crippen LogP contribution < -0.4 is 4.74 Å². The van der Waals surface area contributed by atoms with Crippen LogP contribution in [-0.4, -0.2) is 12.5 Å². The molecule has 26 heavy (non-hydrogen) atoms. The molecule has 0 unspecified atom stereocenters. The number of benzene rings is 1. The molecule has 0 radical (unpaired) electrons. The highest BCUT2D eigenvalue weighted by atomic mass is 19.3. The van der Waals surface area contributed by atoms with Crippen LogP contribution in [0.4, 0.5) is 17.6 Å². The number of hydrogen-bond donors (Lipinski definition) is 0. The fourth-order valence-corrected chi connectivity index (χ4v) is 3.27. The molecule has 144 valence electrons. The average Bonchev–Trinajstić information content (AvgIpc) is 2.62. The van der Waals surface area contributed by atoms with Crippen LogP contribution in [0.3, 0.4) is 0 Å². The van der Waals surface area contributed by atoms with Crippen molar-refractivity contribution in [2.24, 2.45) is 11.8 Å². The number of alkyl halides is 4. The summed E-state index contributed by atoms with van der Waals surface area (Å²) < 4.78 is 54.0. The largest absolute Gasteiger partial charge is 0.461 e. The van der Waals surface area contributed by atoms with Gasteiger partial charge in [-0.05, 0) is 55.9 Å². The van der Waals surface area contributed by atoms with Gasteiger partial charge in [-0.1, -0.05) is 44.4 Å². The van der Waals surface area contributed by atoms with Gasteiger partial charge >= 0.3 is 12.5 Å². The molecule has 1 aromatic carbocycles. The van der Waals surface area contributed by atoms with Crippen LogP contribution in [0.5, 0.6) is 5.75 Å². The number of halogens is 4. The zero-order valence-corrected chi connectivity index (χ0v) is 15.1. The molecule has 0 aromatic heterocycles. The minimum absolute atomic E-state index is 0.298. The average molecular weight is 370 g/mol. The van der Waals surface area contributed by atoms with Gasteiger partial charge in [-0.3, -0.25) is 0 Å². The summed E-state index contributed by atoms with van der Waals surface area (Å²) in [6, 6.07) is 5.51. The second kappa shape index (κ2) is 9.85. The Hall–Kier alpha value is -1.70. The van der Waals surface area contributed by atoms with Gasteiger partial charge in [0.25, 0.3) is 0 Å². The van der Waals surface area contributed by atoms with Crippen LogP contribution in [0.25, 0.3) is 0 Å². The van der Waals surface area contributed by atoms with Crippen LogP contribution in [-0.2, 0) is 0 Å². The third kappa shape index (κ3) is 6.55. The Bertz CT molecular complexity index is 593. The molecule has 1 nitrogen and oxygen atoms in total. The van der Waals surface area contributed by atoms with Gasteiger partial charge in [0, 0.05) is 11.5 Å². The van der Waals surface area contributed by atoms with Gasteiger partial charge in [0.15, 0.2) is 0 Å². The number of rotatable bonds is 7. The number of unbranched alkanes of at least 4 members (excludes halogenated alkanes) is 2. The van der Waals surface area contributed by atoms with E-state index in [1.165, 1.54) is 62.8 Å². The first-order chi connectivity index (χ1) is 12.4. The van der Waals surface area contributed by atoms with E-state index < -0.39 is 12.5 Å². The molecule has 0 atom stereocenters. The summed E-state index contributed by atoms with van der Waals surface area (Å²) in [4.78, 5) is 0. The SMILES string of the molecule is CCCCC[C@H]1CC[C@H](C#Cc2ccc(OC(F)(F)C(F)F)cc2)CC1. The second-order valence-corrected chi connectivity index (χ2v) is 6.97. The van der Waals surface area contributed by atoms with Gasteiger partial charge in [-0.15, -0.1) is 0 Å². The van der Waals surface area contributed by atoms with Gasteiger partial charge in [-0.2, -0.15) is 17.6 Å². The normalized spacial score (nSPS) is 20.5. The van der Waals surface area contributed by atoms with Crippen molar-refractivity contribution in [3.8, 4) is 17.6 Å². The van der Waals surface area contributed by atoms with Crippen molar-refractivity contribution in [3.05, 3.63) is 29.8 Å². The maximum absolute atomic E-state index is 12.9. The maximum Gasteiger partial charge on any atom is 0.461 e. The lowest BCUT2D eigenvalue weighted by atomic mass is 9.80. The Balaban J connectivity index is 1.82. The lowest BCUT2D eigenvalue weighted by Gasteiger charge is -2.25. The van der Waals surface area contributed by atoms with Crippen molar-refractivity contribution < 1.29 is 22.3 Å². The van der Waals surface area contributed by atoms with E-state index in [2.05, 4.69) is 23.5 Å². The molecular formula is C21H26F4O. The van der Waals surface area contributed by atoms with Crippen LogP contribution in [0, 0.1) is 23.7 Å². The Labute approximate surface area is 153 Å². The van der Waals surface area contributed by atoms with Gasteiger partial charge in [0.05, 0.1) is 0 Å². The van der Waals surface area contributed by atoms with Crippen molar-refractivity contribution in [3.63, 3.8) is 0 Å². The third-order valence-corrected chi connectivity index (χ3v) is 4.85. The quantitative estimate of drug-likeness (QED) is 0.296. The highest BCUT2D eigenvalue weighted by Crippen LogP contribution is 2.32. The Morgan fingerprint density at radius 1 is 1.08 bits per heavy atom. The first kappa shape index (κ1) is 20.6. The predicted molar refractivity (Wildman–Crippen MR) is 94.5 cm³/mol. The van der Waals surface area contributed by atoms with Gasteiger partial charge in [-0.25, -0.2) is 0 Å². The Morgan fingerprint density at radius 2 is 1.73 bits per heavy atom. The third-order valence-electron chi connectivity index (χ3n) is 4.85. The van der Waals surface area contributed by atoms with Gasteiger partial charge < -0.3 is 4.74 Å². The lowest BCUT2D eigenvalue weighted by molar-refractivity contribution is -0.253. The standard InChI is InChI=1S/C21H26F4O/c1-2-3-4-5-16-6-8-17(9-7-16)10-11-18-12-14-19(15-13-18)26-21(24,25)20(22)23/h12-17,20H,2-9H2,1H3/t16-,17-. The van der Waals surface area contributed by atoms with Crippen molar-refractivity contribution in [2.75, 3.05) is 0 Å². The van der Waals surface area contributed by atoms with E-state index in [9.17, 15) is 17.6 Å². The first-order valence-corrected chi connectivity index (χ1v) is 9.37. The molecule has 0 bridgehead atoms. The van der Waals surface area contributed by atoms with E-state index in [4.69, 9.17) is 0 Å². The maximum atomic E-state index is 12.9. The molecule has 1 aromatic rings. The van der Waals surface area contributed by atoms with Crippen molar-refractivity contribution in [1.29, 1.82) is 0 Å². The van der Waals surface area contributed by atoms with Crippen molar-refractivity contribution in [2.45, 2.75) is 70.8 Å². The van der Waals surface area contributed by atoms with E-state index in [0.717, 1.165) is 18.8 Å². The zero-order chi connectivity index (χ0) is 19.0. The zero-order valence-electron chi connectivity index (χ0n) is 15.1. The highest BCUT2D eigenvalue weighted by molar-refractivity contribution is 5.38. The molecule has 1 fully saturated rings. The van der Waals surface area contributed by atoms with Crippen molar-refractivity contribution in [1.82, 2.24) is 0 Å². The highest BCUT2D eigenvalue weighted by Gasteiger charge is 2.43. The van der Waals surface area contributed by atoms with Crippen molar-refractivity contribution >= 4 is 0 Å². The molecule has 5 heteroatoms. The molecule has 0 amide bonds. The molecule has 0 N–H and O–H groups in total. The monoisotopic (exact) mass is 370 g/mol. The smallest absolute Gasteiger partial charge is 0.428 e. The summed E-state index contributed by atoms with van der Waals surface area (Å²) in [5, 5.41) is 0. The van der Waals surface area contributed by atoms with E-state index in [0.29, 0.717) is 11.5 Å². The first-order valence-electron chi connectivity index (χ1n) is 9.37. The summed E-state index contributed by atoms with van der Waals surface area (Å²) in [5.41, 5.74) is 0.669. The molecule has 0 heterocycles. The van der Waals surface area contributed by atoms with E-state index in [-0.39, 0.29) is 5.75 Å². The summed E-state index contributed by atoms with van der Waals surface area (Å²) in [6.45, 7) is 2.22. The van der Waals surface area contributed by atoms with Crippen LogP contribution in [0.15, 0.2) is 24.3 Å². The topological polar surface area (TPSA) is 9.23 Å². The molecule has 0 spiro atoms. The fourth-order valence-electron chi connectivity index (χ4n) is 3.27. The Morgan fingerprint density at radius 3 is 2.31 bits per heavy atom. The molecule has 2 rings (SSSR count). The van der Waals surface area contributed by atoms with E-state index in [1.807, 2.05) is 0 Å². The second-order valence-electron chi connectivity index (χ2n) is 6.97. The Kier molecular flexibility index (Phi) is 7.81. The molecule has 1 aliphatic carbocycles. The minimum Gasteiger partial charge on any atom is -0.428 e. The van der Waals surface area contributed by atoms with Crippen LogP contribution >= 0.6 is 0 Å². The van der Waals surface area contributed by atoms with E-state index in [1.54, 1.807) is 0 Å². The summed E-state index contributed by atoms with van der Waals surface area (Å²) >= 11 is 0. The number of ether oxygens (including phenoxy) is 1. The summed E-state index contributed by atoms with van der Waals surface area (Å²) in [5.74, 6) is 7.21. The fraction of sp³-hybridized carbons (Fsp3) is 0.619. The van der Waals surface area contributed by atoms with E-state index >= 15 is 0 Å². The molecule has 1 saturated carbocycles. The molecule has 1 aliphatic rings. The van der Waals surface area contributed by atoms with Gasteiger partial charge in [0.1, 0.15) is 5.75 Å². The predicted octanol–water partition coefficient (Wildman–Crippen LogP) is 6.66. The lowest BCUT2D eigenvalue weighted by Crippen LogP contribution is -2.33. The minimum atomic E-state index is -4.48. The summed E-state index contributed by atoms with van der Waals surface area (Å²) in [6.07, 6.45) is 1.50. The van der Waals surface area contributed by atoms with Gasteiger partial charge in [0.2, 0.25) is 0 Å².